The number of benzene rings is 2. The molecule has 0 atom stereocenters. The molecule has 0 N–H and O–H groups in total. The van der Waals surface area contributed by atoms with Crippen molar-refractivity contribution in [1.29, 1.82) is 0 Å². The number of ether oxygens (including phenoxy) is 2. The second-order valence-corrected chi connectivity index (χ2v) is 4.59. The summed E-state index contributed by atoms with van der Waals surface area (Å²) in [5.74, 6) is 1.70. The molecule has 0 saturated heterocycles. The molecule has 0 aliphatic rings. The maximum atomic E-state index is 10.6. The van der Waals surface area contributed by atoms with E-state index in [0.29, 0.717) is 24.0 Å². The Morgan fingerprint density at radius 1 is 1.19 bits per heavy atom. The van der Waals surface area contributed by atoms with Gasteiger partial charge in [-0.25, -0.2) is 0 Å². The van der Waals surface area contributed by atoms with Crippen LogP contribution in [-0.2, 0) is 12.5 Å². The van der Waals surface area contributed by atoms with Crippen LogP contribution in [-0.4, -0.2) is 12.0 Å². The standard InChI is InChI=1S/C15H14ClNO4/c1-20-14-6-7-15(12(8-14)9-16)21-10-11-2-4-13(5-3-11)17(18)19/h2-8H,9-10H2,1H3. The van der Waals surface area contributed by atoms with Gasteiger partial charge < -0.3 is 9.47 Å². The normalized spacial score (nSPS) is 10.2. The van der Waals surface area contributed by atoms with Gasteiger partial charge in [-0.05, 0) is 35.9 Å². The predicted molar refractivity (Wildman–Crippen MR) is 80.0 cm³/mol. The molecular formula is C15H14ClNO4. The molecule has 0 bridgehead atoms. The number of hydrogen-bond acceptors (Lipinski definition) is 4. The van der Waals surface area contributed by atoms with Crippen molar-refractivity contribution in [3.05, 3.63) is 63.7 Å². The third kappa shape index (κ3) is 3.86. The molecule has 5 nitrogen and oxygen atoms in total. The van der Waals surface area contributed by atoms with E-state index in [2.05, 4.69) is 0 Å². The monoisotopic (exact) mass is 307 g/mol. The zero-order valence-corrected chi connectivity index (χ0v) is 12.2. The van der Waals surface area contributed by atoms with E-state index in [1.807, 2.05) is 6.07 Å². The fraction of sp³-hybridized carbons (Fsp3) is 0.200. The molecule has 21 heavy (non-hydrogen) atoms. The van der Waals surface area contributed by atoms with Crippen LogP contribution in [0.1, 0.15) is 11.1 Å². The van der Waals surface area contributed by atoms with Crippen LogP contribution in [0.15, 0.2) is 42.5 Å². The highest BCUT2D eigenvalue weighted by molar-refractivity contribution is 6.17. The zero-order valence-electron chi connectivity index (χ0n) is 11.4. The summed E-state index contributed by atoms with van der Waals surface area (Å²) in [6, 6.07) is 11.6. The Balaban J connectivity index is 2.07. The Morgan fingerprint density at radius 2 is 1.90 bits per heavy atom. The number of nitro groups is 1. The topological polar surface area (TPSA) is 61.6 Å². The summed E-state index contributed by atoms with van der Waals surface area (Å²) >= 11 is 5.89. The van der Waals surface area contributed by atoms with Crippen LogP contribution < -0.4 is 9.47 Å². The molecule has 110 valence electrons. The van der Waals surface area contributed by atoms with Gasteiger partial charge >= 0.3 is 0 Å². The van der Waals surface area contributed by atoms with Gasteiger partial charge in [-0.15, -0.1) is 11.6 Å². The second kappa shape index (κ2) is 6.95. The van der Waals surface area contributed by atoms with E-state index in [9.17, 15) is 10.1 Å². The Kier molecular flexibility index (Phi) is 5.00. The fourth-order valence-corrected chi connectivity index (χ4v) is 2.01. The number of non-ortho nitro benzene ring substituents is 1. The van der Waals surface area contributed by atoms with Crippen molar-refractivity contribution in [3.63, 3.8) is 0 Å². The molecule has 0 spiro atoms. The lowest BCUT2D eigenvalue weighted by Crippen LogP contribution is -1.99. The molecule has 0 amide bonds. The van der Waals surface area contributed by atoms with Gasteiger partial charge in [-0.1, -0.05) is 0 Å². The summed E-state index contributed by atoms with van der Waals surface area (Å²) < 4.78 is 10.8. The Labute approximate surface area is 127 Å². The van der Waals surface area contributed by atoms with Crippen LogP contribution in [0.2, 0.25) is 0 Å². The maximum Gasteiger partial charge on any atom is 0.269 e. The average molecular weight is 308 g/mol. The van der Waals surface area contributed by atoms with Crippen molar-refractivity contribution in [2.24, 2.45) is 0 Å². The summed E-state index contributed by atoms with van der Waals surface area (Å²) in [4.78, 5) is 10.2. The molecule has 2 rings (SSSR count). The largest absolute Gasteiger partial charge is 0.497 e. The van der Waals surface area contributed by atoms with Crippen LogP contribution in [0.3, 0.4) is 0 Å². The summed E-state index contributed by atoms with van der Waals surface area (Å²) in [6.07, 6.45) is 0. The van der Waals surface area contributed by atoms with E-state index < -0.39 is 4.92 Å². The SMILES string of the molecule is COc1ccc(OCc2ccc([N+](=O)[O-])cc2)c(CCl)c1. The first-order valence-electron chi connectivity index (χ1n) is 6.23. The number of nitro benzene ring substituents is 1. The molecule has 0 aliphatic heterocycles. The molecule has 0 aromatic heterocycles. The minimum Gasteiger partial charge on any atom is -0.497 e. The zero-order chi connectivity index (χ0) is 15.2. The van der Waals surface area contributed by atoms with Crippen LogP contribution >= 0.6 is 11.6 Å². The van der Waals surface area contributed by atoms with E-state index in [1.165, 1.54) is 12.1 Å². The lowest BCUT2D eigenvalue weighted by molar-refractivity contribution is -0.384. The molecule has 0 radical (unpaired) electrons. The van der Waals surface area contributed by atoms with Crippen LogP contribution in [0.5, 0.6) is 11.5 Å². The number of methoxy groups -OCH3 is 1. The maximum absolute atomic E-state index is 10.6. The van der Waals surface area contributed by atoms with Crippen LogP contribution in [0.25, 0.3) is 0 Å². The van der Waals surface area contributed by atoms with Gasteiger partial charge in [-0.2, -0.15) is 0 Å². The van der Waals surface area contributed by atoms with Crippen molar-refractivity contribution >= 4 is 17.3 Å². The first kappa shape index (κ1) is 15.1. The van der Waals surface area contributed by atoms with Gasteiger partial charge in [0.15, 0.2) is 0 Å². The summed E-state index contributed by atoms with van der Waals surface area (Å²) in [7, 11) is 1.59. The van der Waals surface area contributed by atoms with Crippen molar-refractivity contribution in [2.45, 2.75) is 12.5 Å². The van der Waals surface area contributed by atoms with E-state index in [-0.39, 0.29) is 5.69 Å². The predicted octanol–water partition coefficient (Wildman–Crippen LogP) is 3.92. The first-order valence-corrected chi connectivity index (χ1v) is 6.76. The Hall–Kier alpha value is -2.27. The van der Waals surface area contributed by atoms with Crippen LogP contribution in [0, 0.1) is 10.1 Å². The molecule has 2 aromatic rings. The lowest BCUT2D eigenvalue weighted by atomic mass is 10.2. The summed E-state index contributed by atoms with van der Waals surface area (Å²) in [6.45, 7) is 0.314. The molecule has 0 fully saturated rings. The number of rotatable bonds is 6. The van der Waals surface area contributed by atoms with E-state index in [4.69, 9.17) is 21.1 Å². The van der Waals surface area contributed by atoms with Crippen molar-refractivity contribution in [2.75, 3.05) is 7.11 Å². The van der Waals surface area contributed by atoms with Gasteiger partial charge in [0.05, 0.1) is 17.9 Å². The number of halogens is 1. The molecule has 0 saturated carbocycles. The minimum absolute atomic E-state index is 0.0599. The number of hydrogen-bond donors (Lipinski definition) is 0. The molecule has 2 aromatic carbocycles. The van der Waals surface area contributed by atoms with E-state index in [0.717, 1.165) is 11.1 Å². The van der Waals surface area contributed by atoms with E-state index >= 15 is 0 Å². The molecule has 6 heteroatoms. The highest BCUT2D eigenvalue weighted by Gasteiger charge is 2.07. The average Bonchev–Trinajstić information content (AvgIpc) is 2.53. The summed E-state index contributed by atoms with van der Waals surface area (Å²) in [5.41, 5.74) is 1.74. The van der Waals surface area contributed by atoms with Gasteiger partial charge in [0.2, 0.25) is 0 Å². The molecule has 0 aliphatic carbocycles. The highest BCUT2D eigenvalue weighted by atomic mass is 35.5. The Morgan fingerprint density at radius 3 is 2.48 bits per heavy atom. The number of nitrogens with zero attached hydrogens (tertiary/aromatic N) is 1. The minimum atomic E-state index is -0.431. The second-order valence-electron chi connectivity index (χ2n) is 4.32. The molecule has 0 heterocycles. The van der Waals surface area contributed by atoms with Gasteiger partial charge in [0.1, 0.15) is 18.1 Å². The lowest BCUT2D eigenvalue weighted by Gasteiger charge is -2.11. The summed E-state index contributed by atoms with van der Waals surface area (Å²) in [5, 5.41) is 10.6. The third-order valence-electron chi connectivity index (χ3n) is 2.95. The number of alkyl halides is 1. The molecular weight excluding hydrogens is 294 g/mol. The Bertz CT molecular complexity index is 628. The first-order chi connectivity index (χ1) is 10.1. The van der Waals surface area contributed by atoms with Crippen LogP contribution in [0.4, 0.5) is 5.69 Å². The quantitative estimate of drug-likeness (QED) is 0.461. The fourth-order valence-electron chi connectivity index (χ4n) is 1.80. The van der Waals surface area contributed by atoms with E-state index in [1.54, 1.807) is 31.4 Å². The van der Waals surface area contributed by atoms with Crippen molar-refractivity contribution in [1.82, 2.24) is 0 Å². The molecule has 0 unspecified atom stereocenters. The van der Waals surface area contributed by atoms with Gasteiger partial charge in [0, 0.05) is 17.7 Å². The highest BCUT2D eigenvalue weighted by Crippen LogP contribution is 2.26. The van der Waals surface area contributed by atoms with Gasteiger partial charge in [0.25, 0.3) is 5.69 Å². The van der Waals surface area contributed by atoms with Crippen molar-refractivity contribution in [3.8, 4) is 11.5 Å². The van der Waals surface area contributed by atoms with Crippen molar-refractivity contribution < 1.29 is 14.4 Å². The smallest absolute Gasteiger partial charge is 0.269 e. The van der Waals surface area contributed by atoms with Gasteiger partial charge in [-0.3, -0.25) is 10.1 Å². The third-order valence-corrected chi connectivity index (χ3v) is 3.24.